The molecule has 2 amide bonds. The van der Waals surface area contributed by atoms with E-state index in [1.165, 1.54) is 16.7 Å². The molecular weight excluding hydrogens is 326 g/mol. The minimum atomic E-state index is 0.0641. The molecule has 1 aromatic carbocycles. The van der Waals surface area contributed by atoms with Crippen molar-refractivity contribution in [2.75, 3.05) is 24.5 Å². The van der Waals surface area contributed by atoms with Crippen molar-refractivity contribution in [2.45, 2.75) is 38.8 Å². The highest BCUT2D eigenvalue weighted by atomic mass is 16.2. The molecule has 0 bridgehead atoms. The Morgan fingerprint density at radius 2 is 2.00 bits per heavy atom. The molecule has 2 aliphatic heterocycles. The van der Waals surface area contributed by atoms with Crippen LogP contribution in [-0.2, 0) is 13.0 Å². The van der Waals surface area contributed by atoms with Crippen LogP contribution in [0.4, 0.5) is 10.6 Å². The quantitative estimate of drug-likeness (QED) is 0.903. The van der Waals surface area contributed by atoms with Gasteiger partial charge in [0.2, 0.25) is 0 Å². The highest BCUT2D eigenvalue weighted by molar-refractivity contribution is 5.75. The smallest absolute Gasteiger partial charge is 0.317 e. The van der Waals surface area contributed by atoms with Crippen LogP contribution in [0.5, 0.6) is 0 Å². The normalized spacial score (nSPS) is 17.7. The zero-order valence-electron chi connectivity index (χ0n) is 15.2. The number of amides is 2. The second-order valence-electron chi connectivity index (χ2n) is 7.24. The zero-order chi connectivity index (χ0) is 17.9. The van der Waals surface area contributed by atoms with E-state index in [0.29, 0.717) is 6.54 Å². The second kappa shape index (κ2) is 7.32. The van der Waals surface area contributed by atoms with E-state index in [0.717, 1.165) is 44.7 Å². The van der Waals surface area contributed by atoms with Crippen molar-refractivity contribution < 1.29 is 4.79 Å². The fourth-order valence-corrected chi connectivity index (χ4v) is 3.84. The molecule has 1 aromatic heterocycles. The van der Waals surface area contributed by atoms with E-state index in [9.17, 15) is 4.79 Å². The SMILES string of the molecule is Cc1ccc2c(c1)CCN(C(=O)NC1CCN(c3cccnn3)CC1)C2. The van der Waals surface area contributed by atoms with E-state index in [1.54, 1.807) is 6.20 Å². The number of rotatable bonds is 2. The van der Waals surface area contributed by atoms with Crippen molar-refractivity contribution in [2.24, 2.45) is 0 Å². The fraction of sp³-hybridized carbons (Fsp3) is 0.450. The van der Waals surface area contributed by atoms with E-state index in [4.69, 9.17) is 0 Å². The maximum atomic E-state index is 12.7. The van der Waals surface area contributed by atoms with Gasteiger partial charge in [0.25, 0.3) is 0 Å². The first-order chi connectivity index (χ1) is 12.7. The summed E-state index contributed by atoms with van der Waals surface area (Å²) in [6.45, 7) is 5.41. The molecule has 6 heteroatoms. The van der Waals surface area contributed by atoms with Gasteiger partial charge in [-0.05, 0) is 49.4 Å². The van der Waals surface area contributed by atoms with Gasteiger partial charge in [0.1, 0.15) is 0 Å². The summed E-state index contributed by atoms with van der Waals surface area (Å²) in [6.07, 6.45) is 4.50. The molecule has 2 aliphatic rings. The molecule has 0 radical (unpaired) electrons. The molecular formula is C20H25N5O. The lowest BCUT2D eigenvalue weighted by Crippen LogP contribution is -2.50. The Labute approximate surface area is 154 Å². The highest BCUT2D eigenvalue weighted by Crippen LogP contribution is 2.21. The third kappa shape index (κ3) is 3.64. The zero-order valence-corrected chi connectivity index (χ0v) is 15.2. The molecule has 0 unspecified atom stereocenters. The summed E-state index contributed by atoms with van der Waals surface area (Å²) in [7, 11) is 0. The molecule has 26 heavy (non-hydrogen) atoms. The number of aromatic nitrogens is 2. The Morgan fingerprint density at radius 3 is 2.77 bits per heavy atom. The van der Waals surface area contributed by atoms with Crippen LogP contribution < -0.4 is 10.2 Å². The van der Waals surface area contributed by atoms with E-state index in [1.807, 2.05) is 17.0 Å². The third-order valence-electron chi connectivity index (χ3n) is 5.37. The van der Waals surface area contributed by atoms with Gasteiger partial charge in [-0.2, -0.15) is 5.10 Å². The van der Waals surface area contributed by atoms with Crippen LogP contribution in [-0.4, -0.2) is 46.8 Å². The number of nitrogens with one attached hydrogen (secondary N) is 1. The van der Waals surface area contributed by atoms with Crippen LogP contribution >= 0.6 is 0 Å². The lowest BCUT2D eigenvalue weighted by Gasteiger charge is -2.35. The number of urea groups is 1. The summed E-state index contributed by atoms with van der Waals surface area (Å²) < 4.78 is 0. The summed E-state index contributed by atoms with van der Waals surface area (Å²) in [5.41, 5.74) is 3.94. The predicted octanol–water partition coefficient (Wildman–Crippen LogP) is 2.52. The van der Waals surface area contributed by atoms with Crippen LogP contribution in [0, 0.1) is 6.92 Å². The molecule has 3 heterocycles. The van der Waals surface area contributed by atoms with Gasteiger partial charge in [-0.1, -0.05) is 23.8 Å². The second-order valence-corrected chi connectivity index (χ2v) is 7.24. The molecule has 136 valence electrons. The van der Waals surface area contributed by atoms with E-state index >= 15 is 0 Å². The number of benzene rings is 1. The molecule has 0 spiro atoms. The number of hydrogen-bond donors (Lipinski definition) is 1. The van der Waals surface area contributed by atoms with Crippen LogP contribution in [0.1, 0.15) is 29.5 Å². The average Bonchev–Trinajstić information content (AvgIpc) is 2.69. The molecule has 2 aromatic rings. The van der Waals surface area contributed by atoms with Crippen molar-refractivity contribution >= 4 is 11.8 Å². The summed E-state index contributed by atoms with van der Waals surface area (Å²) in [6, 6.07) is 10.7. The van der Waals surface area contributed by atoms with Crippen LogP contribution in [0.25, 0.3) is 0 Å². The van der Waals surface area contributed by atoms with Crippen molar-refractivity contribution in [3.05, 3.63) is 53.2 Å². The lowest BCUT2D eigenvalue weighted by atomic mass is 9.98. The number of aryl methyl sites for hydroxylation is 1. The largest absolute Gasteiger partial charge is 0.355 e. The first-order valence-corrected chi connectivity index (χ1v) is 9.35. The Hall–Kier alpha value is -2.63. The van der Waals surface area contributed by atoms with E-state index < -0.39 is 0 Å². The van der Waals surface area contributed by atoms with Crippen LogP contribution in [0.3, 0.4) is 0 Å². The molecule has 1 saturated heterocycles. The van der Waals surface area contributed by atoms with Gasteiger partial charge in [-0.15, -0.1) is 5.10 Å². The van der Waals surface area contributed by atoms with Gasteiger partial charge in [-0.25, -0.2) is 4.79 Å². The van der Waals surface area contributed by atoms with Crippen LogP contribution in [0.2, 0.25) is 0 Å². The van der Waals surface area contributed by atoms with Gasteiger partial charge in [0.05, 0.1) is 0 Å². The average molecular weight is 351 g/mol. The summed E-state index contributed by atoms with van der Waals surface area (Å²) >= 11 is 0. The summed E-state index contributed by atoms with van der Waals surface area (Å²) in [4.78, 5) is 16.8. The number of hydrogen-bond acceptors (Lipinski definition) is 4. The third-order valence-corrected chi connectivity index (χ3v) is 5.37. The summed E-state index contributed by atoms with van der Waals surface area (Å²) in [5.74, 6) is 0.917. The van der Waals surface area contributed by atoms with Gasteiger partial charge in [0.15, 0.2) is 5.82 Å². The first-order valence-electron chi connectivity index (χ1n) is 9.35. The highest BCUT2D eigenvalue weighted by Gasteiger charge is 2.25. The van der Waals surface area contributed by atoms with Crippen molar-refractivity contribution in [1.29, 1.82) is 0 Å². The standard InChI is InChI=1S/C20H25N5O/c1-15-4-5-17-14-25(10-6-16(17)13-15)20(26)22-18-7-11-24(12-8-18)19-3-2-9-21-23-19/h2-5,9,13,18H,6-8,10-12,14H2,1H3,(H,22,26). The minimum absolute atomic E-state index is 0.0641. The number of fused-ring (bicyclic) bond motifs is 1. The van der Waals surface area contributed by atoms with E-state index in [2.05, 4.69) is 45.5 Å². The number of piperidine rings is 1. The Balaban J connectivity index is 1.30. The maximum absolute atomic E-state index is 12.7. The monoisotopic (exact) mass is 351 g/mol. The topological polar surface area (TPSA) is 61.4 Å². The molecule has 1 N–H and O–H groups in total. The predicted molar refractivity (Wildman–Crippen MR) is 101 cm³/mol. The number of carbonyl (C=O) groups excluding carboxylic acids is 1. The molecule has 4 rings (SSSR count). The maximum Gasteiger partial charge on any atom is 0.317 e. The van der Waals surface area contributed by atoms with Crippen molar-refractivity contribution in [3.8, 4) is 0 Å². The Kier molecular flexibility index (Phi) is 4.73. The molecule has 6 nitrogen and oxygen atoms in total. The molecule has 0 saturated carbocycles. The number of anilines is 1. The minimum Gasteiger partial charge on any atom is -0.355 e. The van der Waals surface area contributed by atoms with Gasteiger partial charge < -0.3 is 15.1 Å². The van der Waals surface area contributed by atoms with Crippen LogP contribution in [0.15, 0.2) is 36.5 Å². The van der Waals surface area contributed by atoms with Gasteiger partial charge >= 0.3 is 6.03 Å². The molecule has 1 fully saturated rings. The number of nitrogens with zero attached hydrogens (tertiary/aromatic N) is 4. The van der Waals surface area contributed by atoms with Gasteiger partial charge in [-0.3, -0.25) is 0 Å². The van der Waals surface area contributed by atoms with Crippen molar-refractivity contribution in [1.82, 2.24) is 20.4 Å². The number of carbonyl (C=O) groups is 1. The summed E-state index contributed by atoms with van der Waals surface area (Å²) in [5, 5.41) is 11.3. The molecule has 0 atom stereocenters. The lowest BCUT2D eigenvalue weighted by molar-refractivity contribution is 0.186. The fourth-order valence-electron chi connectivity index (χ4n) is 3.84. The first kappa shape index (κ1) is 16.8. The Bertz CT molecular complexity index is 771. The van der Waals surface area contributed by atoms with Gasteiger partial charge in [0, 0.05) is 38.4 Å². The Morgan fingerprint density at radius 1 is 1.15 bits per heavy atom. The molecule has 0 aliphatic carbocycles. The van der Waals surface area contributed by atoms with E-state index in [-0.39, 0.29) is 12.1 Å². The van der Waals surface area contributed by atoms with Crippen molar-refractivity contribution in [3.63, 3.8) is 0 Å².